The standard InChI is InChI=1S/C43H46FN7O5/c1-43(2,3)56-42(54)46-33-18-32(44)24-49(25-33)41(53)31-15-34-38(37(17-31)55-4)51(23-28-20-48(21-28)40(52)29-13-11-26(19-45)12-14-29)39(47-34)36-16-30-7-5-6-8-35(30)50(36)22-27-9-10-27/h5-8,11-17,27-28,32-33H,9-10,18,20-25H2,1-4H3,(H,46,54)/t32-,33-/m1/s1. The summed E-state index contributed by atoms with van der Waals surface area (Å²) < 4.78 is 31.0. The van der Waals surface area contributed by atoms with Crippen LogP contribution in [0.1, 0.15) is 66.3 Å². The molecule has 3 fully saturated rings. The molecule has 5 aromatic rings. The molecule has 3 aliphatic rings. The number of alkyl carbamates (subject to hydrolysis) is 1. The highest BCUT2D eigenvalue weighted by atomic mass is 19.1. The number of methoxy groups -OCH3 is 1. The minimum Gasteiger partial charge on any atom is -0.494 e. The summed E-state index contributed by atoms with van der Waals surface area (Å²) >= 11 is 0. The molecule has 290 valence electrons. The fourth-order valence-electron chi connectivity index (χ4n) is 7.98. The third kappa shape index (κ3) is 7.52. The fraction of sp³-hybridized carbons (Fsp3) is 0.419. The predicted octanol–water partition coefficient (Wildman–Crippen LogP) is 6.80. The van der Waals surface area contributed by atoms with Crippen molar-refractivity contribution >= 4 is 39.8 Å². The van der Waals surface area contributed by atoms with E-state index in [1.807, 2.05) is 17.0 Å². The molecule has 4 heterocycles. The van der Waals surface area contributed by atoms with Gasteiger partial charge in [-0.15, -0.1) is 0 Å². The third-order valence-electron chi connectivity index (χ3n) is 10.8. The number of amides is 3. The first-order valence-electron chi connectivity index (χ1n) is 19.3. The van der Waals surface area contributed by atoms with Gasteiger partial charge >= 0.3 is 6.09 Å². The van der Waals surface area contributed by atoms with Crippen LogP contribution in [0.25, 0.3) is 33.5 Å². The second-order valence-electron chi connectivity index (χ2n) is 16.4. The van der Waals surface area contributed by atoms with Gasteiger partial charge in [-0.05, 0) is 88.1 Å². The second kappa shape index (κ2) is 14.6. The molecule has 56 heavy (non-hydrogen) atoms. The Balaban J connectivity index is 1.13. The van der Waals surface area contributed by atoms with E-state index >= 15 is 4.39 Å². The van der Waals surface area contributed by atoms with Crippen molar-refractivity contribution in [3.63, 3.8) is 0 Å². The molecule has 3 amide bonds. The van der Waals surface area contributed by atoms with E-state index in [9.17, 15) is 19.6 Å². The van der Waals surface area contributed by atoms with Crippen molar-refractivity contribution in [2.45, 2.75) is 70.9 Å². The van der Waals surface area contributed by atoms with Crippen LogP contribution in [0.3, 0.4) is 0 Å². The normalized spacial score (nSPS) is 18.8. The maximum Gasteiger partial charge on any atom is 0.407 e. The zero-order valence-corrected chi connectivity index (χ0v) is 32.1. The van der Waals surface area contributed by atoms with Crippen LogP contribution in [0.15, 0.2) is 66.7 Å². The Morgan fingerprint density at radius 1 is 0.893 bits per heavy atom. The number of carbonyl (C=O) groups is 3. The van der Waals surface area contributed by atoms with E-state index in [1.54, 1.807) is 64.3 Å². The van der Waals surface area contributed by atoms with Crippen LogP contribution in [0, 0.1) is 23.2 Å². The monoisotopic (exact) mass is 759 g/mol. The smallest absolute Gasteiger partial charge is 0.407 e. The van der Waals surface area contributed by atoms with Gasteiger partial charge in [0.15, 0.2) is 5.82 Å². The largest absolute Gasteiger partial charge is 0.494 e. The van der Waals surface area contributed by atoms with Gasteiger partial charge in [0.05, 0.1) is 42.5 Å². The van der Waals surface area contributed by atoms with Crippen molar-refractivity contribution in [2.24, 2.45) is 11.8 Å². The summed E-state index contributed by atoms with van der Waals surface area (Å²) in [6.07, 6.45) is 0.445. The number of benzene rings is 3. The van der Waals surface area contributed by atoms with Crippen LogP contribution in [0.5, 0.6) is 5.75 Å². The number of nitrogens with one attached hydrogen (secondary N) is 1. The molecule has 1 saturated carbocycles. The van der Waals surface area contributed by atoms with Gasteiger partial charge < -0.3 is 33.7 Å². The average molecular weight is 760 g/mol. The van der Waals surface area contributed by atoms with Gasteiger partial charge in [0.2, 0.25) is 0 Å². The zero-order chi connectivity index (χ0) is 39.3. The highest BCUT2D eigenvalue weighted by molar-refractivity contribution is 6.00. The third-order valence-corrected chi connectivity index (χ3v) is 10.8. The molecule has 2 aromatic heterocycles. The first-order chi connectivity index (χ1) is 26.9. The lowest BCUT2D eigenvalue weighted by atomic mass is 9.98. The molecular formula is C43H46FN7O5. The van der Waals surface area contributed by atoms with Gasteiger partial charge in [-0.3, -0.25) is 9.59 Å². The van der Waals surface area contributed by atoms with E-state index in [0.29, 0.717) is 53.5 Å². The minimum atomic E-state index is -1.33. The molecular weight excluding hydrogens is 714 g/mol. The van der Waals surface area contributed by atoms with Gasteiger partial charge in [0.25, 0.3) is 11.8 Å². The van der Waals surface area contributed by atoms with Crippen molar-refractivity contribution in [1.82, 2.24) is 29.2 Å². The van der Waals surface area contributed by atoms with E-state index in [2.05, 4.69) is 38.7 Å². The molecule has 13 heteroatoms. The molecule has 2 saturated heterocycles. The Hall–Kier alpha value is -5.90. The van der Waals surface area contributed by atoms with Crippen LogP contribution in [0.2, 0.25) is 0 Å². The number of likely N-dealkylation sites (tertiary alicyclic amines) is 2. The topological polar surface area (TPSA) is 135 Å². The molecule has 0 radical (unpaired) electrons. The van der Waals surface area contributed by atoms with Crippen molar-refractivity contribution in [1.29, 1.82) is 5.26 Å². The van der Waals surface area contributed by atoms with Crippen LogP contribution in [0.4, 0.5) is 9.18 Å². The number of piperidine rings is 1. The molecule has 2 aliphatic heterocycles. The average Bonchev–Trinajstić information content (AvgIpc) is 3.80. The second-order valence-corrected chi connectivity index (χ2v) is 16.4. The number of carbonyl (C=O) groups excluding carboxylic acids is 3. The number of nitriles is 1. The Morgan fingerprint density at radius 3 is 2.29 bits per heavy atom. The summed E-state index contributed by atoms with van der Waals surface area (Å²) in [5, 5.41) is 13.0. The number of halogens is 1. The number of fused-ring (bicyclic) bond motifs is 2. The van der Waals surface area contributed by atoms with Crippen molar-refractivity contribution < 1.29 is 28.2 Å². The number of ether oxygens (including phenoxy) is 2. The van der Waals surface area contributed by atoms with Gasteiger partial charge in [0, 0.05) is 67.1 Å². The number of hydrogen-bond donors (Lipinski definition) is 1. The van der Waals surface area contributed by atoms with E-state index in [4.69, 9.17) is 14.5 Å². The molecule has 0 unspecified atom stereocenters. The summed E-state index contributed by atoms with van der Waals surface area (Å²) in [5.41, 5.74) is 4.00. The molecule has 1 aliphatic carbocycles. The number of alkyl halides is 1. The van der Waals surface area contributed by atoms with Crippen molar-refractivity contribution in [3.8, 4) is 23.3 Å². The zero-order valence-electron chi connectivity index (χ0n) is 32.1. The summed E-state index contributed by atoms with van der Waals surface area (Å²) in [6.45, 7) is 7.78. The van der Waals surface area contributed by atoms with Crippen LogP contribution in [-0.2, 0) is 17.8 Å². The molecule has 8 rings (SSSR count). The quantitative estimate of drug-likeness (QED) is 0.175. The lowest BCUT2D eigenvalue weighted by molar-refractivity contribution is 0.0394. The summed E-state index contributed by atoms with van der Waals surface area (Å²) in [7, 11) is 1.56. The SMILES string of the molecule is COc1cc(C(=O)N2C[C@H](F)C[C@@H](NC(=O)OC(C)(C)C)C2)cc2nc(-c3cc4ccccc4n3CC3CC3)n(CC3CN(C(=O)c4ccc(C#N)cc4)C3)c12. The van der Waals surface area contributed by atoms with E-state index in [0.717, 1.165) is 34.5 Å². The van der Waals surface area contributed by atoms with Crippen LogP contribution in [-0.4, -0.2) is 92.9 Å². The summed E-state index contributed by atoms with van der Waals surface area (Å²) in [6, 6.07) is 22.1. The summed E-state index contributed by atoms with van der Waals surface area (Å²) in [4.78, 5) is 48.5. The number of hydrogen-bond acceptors (Lipinski definition) is 7. The number of para-hydroxylation sites is 1. The molecule has 3 aromatic carbocycles. The highest BCUT2D eigenvalue weighted by Gasteiger charge is 2.36. The molecule has 2 atom stereocenters. The van der Waals surface area contributed by atoms with E-state index in [-0.39, 0.29) is 31.3 Å². The molecule has 1 N–H and O–H groups in total. The lowest BCUT2D eigenvalue weighted by Gasteiger charge is -2.40. The van der Waals surface area contributed by atoms with E-state index < -0.39 is 29.8 Å². The molecule has 12 nitrogen and oxygen atoms in total. The van der Waals surface area contributed by atoms with Crippen molar-refractivity contribution in [2.75, 3.05) is 33.3 Å². The van der Waals surface area contributed by atoms with Crippen LogP contribution >= 0.6 is 0 Å². The van der Waals surface area contributed by atoms with Gasteiger partial charge in [-0.25, -0.2) is 14.2 Å². The Labute approximate surface area is 324 Å². The summed E-state index contributed by atoms with van der Waals surface area (Å²) in [5.74, 6) is 1.43. The molecule has 0 bridgehead atoms. The number of nitrogens with zero attached hydrogens (tertiary/aromatic N) is 6. The van der Waals surface area contributed by atoms with E-state index in [1.165, 1.54) is 17.7 Å². The van der Waals surface area contributed by atoms with Gasteiger partial charge in [-0.2, -0.15) is 5.26 Å². The number of imidazole rings is 1. The minimum absolute atomic E-state index is 0.0751. The first kappa shape index (κ1) is 37.0. The maximum absolute atomic E-state index is 15.1. The fourth-order valence-corrected chi connectivity index (χ4v) is 7.98. The Kier molecular flexibility index (Phi) is 9.68. The maximum atomic E-state index is 15.1. The highest BCUT2D eigenvalue weighted by Crippen LogP contribution is 2.39. The Morgan fingerprint density at radius 2 is 1.59 bits per heavy atom. The van der Waals surface area contributed by atoms with Crippen molar-refractivity contribution in [3.05, 3.63) is 83.4 Å². The molecule has 0 spiro atoms. The number of rotatable bonds is 9. The lowest BCUT2D eigenvalue weighted by Crippen LogP contribution is -2.54. The van der Waals surface area contributed by atoms with Gasteiger partial charge in [-0.1, -0.05) is 18.2 Å². The predicted molar refractivity (Wildman–Crippen MR) is 209 cm³/mol. The van der Waals surface area contributed by atoms with Crippen LogP contribution < -0.4 is 10.1 Å². The van der Waals surface area contributed by atoms with Gasteiger partial charge in [0.1, 0.15) is 23.0 Å². The Bertz CT molecular complexity index is 2360. The first-order valence-corrected chi connectivity index (χ1v) is 19.3. The number of aromatic nitrogens is 3.